The number of carbonyl (C=O) groups excluding carboxylic acids is 1. The summed E-state index contributed by atoms with van der Waals surface area (Å²) in [6.07, 6.45) is 2.37. The number of ether oxygens (including phenoxy) is 1. The van der Waals surface area contributed by atoms with Crippen molar-refractivity contribution in [3.05, 3.63) is 12.7 Å². The van der Waals surface area contributed by atoms with Crippen LogP contribution in [0.5, 0.6) is 0 Å². The maximum Gasteiger partial charge on any atom is 0.446 e. The number of nitrogens with zero attached hydrogens (tertiary/aromatic N) is 6. The van der Waals surface area contributed by atoms with E-state index in [0.29, 0.717) is 19.0 Å². The van der Waals surface area contributed by atoms with Crippen molar-refractivity contribution in [1.29, 1.82) is 0 Å². The Kier molecular flexibility index (Phi) is 5.97. The highest BCUT2D eigenvalue weighted by Crippen LogP contribution is 2.19. The summed E-state index contributed by atoms with van der Waals surface area (Å²) in [5, 5.41) is 8.02. The third-order valence-electron chi connectivity index (χ3n) is 2.98. The molecule has 1 saturated heterocycles. The smallest absolute Gasteiger partial charge is 0.379 e. The van der Waals surface area contributed by atoms with Crippen molar-refractivity contribution in [3.8, 4) is 0 Å². The van der Waals surface area contributed by atoms with Crippen LogP contribution in [0.15, 0.2) is 17.8 Å². The van der Waals surface area contributed by atoms with E-state index in [1.165, 1.54) is 33.8 Å². The molecule has 0 atom stereocenters. The topological polar surface area (TPSA) is 85.1 Å². The Balaban J connectivity index is 1.96. The zero-order valence-corrected chi connectivity index (χ0v) is 14.6. The van der Waals surface area contributed by atoms with Gasteiger partial charge in [-0.15, -0.1) is 0 Å². The van der Waals surface area contributed by atoms with E-state index in [9.17, 15) is 4.79 Å². The minimum atomic E-state index is -0.552. The first-order chi connectivity index (χ1) is 10.9. The minimum absolute atomic E-state index is 0.357. The number of rotatable bonds is 3. The molecule has 1 aliphatic rings. The summed E-state index contributed by atoms with van der Waals surface area (Å²) in [5.74, 6) is 0.494. The first kappa shape index (κ1) is 17.7. The lowest BCUT2D eigenvalue weighted by Gasteiger charge is -2.28. The van der Waals surface area contributed by atoms with Crippen LogP contribution in [0.2, 0.25) is 0 Å². The predicted molar refractivity (Wildman–Crippen MR) is 86.5 cm³/mol. The van der Waals surface area contributed by atoms with Crippen molar-refractivity contribution in [3.63, 3.8) is 0 Å². The lowest BCUT2D eigenvalue weighted by Crippen LogP contribution is -2.35. The fraction of sp³-hybridized carbons (Fsp3) is 0.692. The van der Waals surface area contributed by atoms with Crippen molar-refractivity contribution < 1.29 is 14.4 Å². The molecule has 0 aromatic carbocycles. The molecule has 0 radical (unpaired) electrons. The van der Waals surface area contributed by atoms with Crippen LogP contribution in [0, 0.1) is 5.41 Å². The fourth-order valence-corrected chi connectivity index (χ4v) is 2.57. The molecular formula is C13H22N6O3S. The van der Waals surface area contributed by atoms with Gasteiger partial charge in [0.15, 0.2) is 5.84 Å². The molecule has 1 aliphatic heterocycles. The van der Waals surface area contributed by atoms with E-state index in [4.69, 9.17) is 9.57 Å². The zero-order valence-electron chi connectivity index (χ0n) is 13.8. The van der Waals surface area contributed by atoms with Crippen molar-refractivity contribution in [2.24, 2.45) is 10.6 Å². The molecule has 1 fully saturated rings. The van der Waals surface area contributed by atoms with Gasteiger partial charge in [-0.2, -0.15) is 5.10 Å². The zero-order chi connectivity index (χ0) is 16.9. The molecule has 2 heterocycles. The number of hydrogen-bond donors (Lipinski definition) is 0. The monoisotopic (exact) mass is 342 g/mol. The minimum Gasteiger partial charge on any atom is -0.379 e. The Morgan fingerprint density at radius 3 is 2.65 bits per heavy atom. The summed E-state index contributed by atoms with van der Waals surface area (Å²) < 4.78 is 10.2. The summed E-state index contributed by atoms with van der Waals surface area (Å²) in [6, 6.07) is 0. The van der Waals surface area contributed by atoms with Gasteiger partial charge in [0.1, 0.15) is 12.7 Å². The van der Waals surface area contributed by atoms with Gasteiger partial charge in [0.2, 0.25) is 0 Å². The van der Waals surface area contributed by atoms with Crippen molar-refractivity contribution in [2.75, 3.05) is 33.4 Å². The number of hydrogen-bond acceptors (Lipinski definition) is 8. The van der Waals surface area contributed by atoms with Gasteiger partial charge in [0, 0.05) is 37.7 Å². The van der Waals surface area contributed by atoms with Crippen LogP contribution in [0.25, 0.3) is 0 Å². The van der Waals surface area contributed by atoms with Crippen LogP contribution in [0.3, 0.4) is 0 Å². The second-order valence-electron chi connectivity index (χ2n) is 5.98. The molecular weight excluding hydrogens is 320 g/mol. The Labute approximate surface area is 139 Å². The summed E-state index contributed by atoms with van der Waals surface area (Å²) in [4.78, 5) is 21.0. The van der Waals surface area contributed by atoms with Crippen LogP contribution < -0.4 is 0 Å². The second-order valence-corrected chi connectivity index (χ2v) is 7.21. The highest BCUT2D eigenvalue weighted by Gasteiger charge is 2.24. The summed E-state index contributed by atoms with van der Waals surface area (Å²) in [7, 11) is 1.64. The van der Waals surface area contributed by atoms with Crippen LogP contribution in [-0.2, 0) is 9.57 Å². The largest absolute Gasteiger partial charge is 0.446 e. The number of aromatic nitrogens is 3. The van der Waals surface area contributed by atoms with Gasteiger partial charge >= 0.3 is 6.09 Å². The molecule has 1 aromatic rings. The molecule has 1 amide bonds. The number of carbonyl (C=O) groups is 1. The molecule has 0 bridgehead atoms. The molecule has 0 saturated carbocycles. The van der Waals surface area contributed by atoms with Gasteiger partial charge in [-0.3, -0.25) is 4.84 Å². The first-order valence-electron chi connectivity index (χ1n) is 7.27. The van der Waals surface area contributed by atoms with E-state index in [1.807, 2.05) is 25.1 Å². The third-order valence-corrected chi connectivity index (χ3v) is 3.97. The lowest BCUT2D eigenvalue weighted by molar-refractivity contribution is 0.0753. The van der Waals surface area contributed by atoms with Gasteiger partial charge < -0.3 is 4.74 Å². The number of amides is 1. The molecule has 23 heavy (non-hydrogen) atoms. The molecule has 128 valence electrons. The molecule has 2 rings (SSSR count). The van der Waals surface area contributed by atoms with E-state index in [-0.39, 0.29) is 5.41 Å². The predicted octanol–water partition coefficient (Wildman–Crippen LogP) is 1.45. The Morgan fingerprint density at radius 1 is 1.39 bits per heavy atom. The Morgan fingerprint density at radius 2 is 2.09 bits per heavy atom. The Bertz CT molecular complexity index is 536. The SMILES string of the molecule is CN(SN1CCOCC1)C(=O)ON=C(n1cncn1)C(C)(C)C. The van der Waals surface area contributed by atoms with Gasteiger partial charge in [-0.05, 0) is 0 Å². The van der Waals surface area contributed by atoms with Gasteiger partial charge in [0.25, 0.3) is 0 Å². The molecule has 0 N–H and O–H groups in total. The number of oxime groups is 1. The molecule has 10 heteroatoms. The summed E-state index contributed by atoms with van der Waals surface area (Å²) >= 11 is 1.29. The third kappa shape index (κ3) is 5.19. The van der Waals surface area contributed by atoms with Crippen molar-refractivity contribution in [2.45, 2.75) is 20.8 Å². The van der Waals surface area contributed by atoms with Gasteiger partial charge in [0.05, 0.1) is 13.2 Å². The van der Waals surface area contributed by atoms with Crippen molar-refractivity contribution in [1.82, 2.24) is 23.4 Å². The normalized spacial score (nSPS) is 17.1. The van der Waals surface area contributed by atoms with E-state index in [1.54, 1.807) is 7.05 Å². The average Bonchev–Trinajstić information content (AvgIpc) is 3.00. The fourth-order valence-electron chi connectivity index (χ4n) is 1.81. The Hall–Kier alpha value is -1.65. The van der Waals surface area contributed by atoms with Crippen LogP contribution in [0.1, 0.15) is 20.8 Å². The highest BCUT2D eigenvalue weighted by molar-refractivity contribution is 7.95. The molecule has 1 aromatic heterocycles. The number of morpholine rings is 1. The molecule has 0 spiro atoms. The van der Waals surface area contributed by atoms with Crippen LogP contribution in [-0.4, -0.2) is 68.7 Å². The van der Waals surface area contributed by atoms with E-state index in [2.05, 4.69) is 15.2 Å². The summed E-state index contributed by atoms with van der Waals surface area (Å²) in [5.41, 5.74) is -0.357. The highest BCUT2D eigenvalue weighted by atomic mass is 32.2. The lowest BCUT2D eigenvalue weighted by atomic mass is 9.95. The van der Waals surface area contributed by atoms with Crippen LogP contribution >= 0.6 is 12.1 Å². The maximum absolute atomic E-state index is 12.1. The molecule has 0 aliphatic carbocycles. The van der Waals surface area contributed by atoms with Gasteiger partial charge in [-0.25, -0.2) is 23.1 Å². The molecule has 9 nitrogen and oxygen atoms in total. The van der Waals surface area contributed by atoms with E-state index >= 15 is 0 Å². The molecule has 0 unspecified atom stereocenters. The van der Waals surface area contributed by atoms with Crippen molar-refractivity contribution >= 4 is 24.1 Å². The average molecular weight is 342 g/mol. The van der Waals surface area contributed by atoms with E-state index < -0.39 is 6.09 Å². The quantitative estimate of drug-likeness (QED) is 0.270. The van der Waals surface area contributed by atoms with Crippen LogP contribution in [0.4, 0.5) is 4.79 Å². The maximum atomic E-state index is 12.1. The summed E-state index contributed by atoms with van der Waals surface area (Å²) in [6.45, 7) is 8.70. The van der Waals surface area contributed by atoms with Gasteiger partial charge in [-0.1, -0.05) is 25.9 Å². The standard InChI is InChI=1S/C13H22N6O3S/c1-13(2,3)11(19-10-14-9-15-19)16-22-12(20)17(4)23-18-5-7-21-8-6-18/h9-10H,5-8H2,1-4H3. The first-order valence-corrected chi connectivity index (χ1v) is 8.00. The second kappa shape index (κ2) is 7.75. The van der Waals surface area contributed by atoms with E-state index in [0.717, 1.165) is 13.1 Å².